The first-order valence-corrected chi connectivity index (χ1v) is 6.68. The Balaban J connectivity index is 2.46. The summed E-state index contributed by atoms with van der Waals surface area (Å²) in [5.74, 6) is -1.87. The van der Waals surface area contributed by atoms with Crippen LogP contribution in [0.3, 0.4) is 0 Å². The topological polar surface area (TPSA) is 97.7 Å². The molecule has 0 aliphatic heterocycles. The molecule has 0 bridgehead atoms. The summed E-state index contributed by atoms with van der Waals surface area (Å²) in [5.41, 5.74) is -1.07. The summed E-state index contributed by atoms with van der Waals surface area (Å²) < 4.78 is 0. The highest BCUT2D eigenvalue weighted by atomic mass is 16.4. The van der Waals surface area contributed by atoms with E-state index in [0.717, 1.165) is 0 Å². The van der Waals surface area contributed by atoms with Crippen LogP contribution in [0.4, 0.5) is 0 Å². The Bertz CT molecular complexity index is 674. The smallest absolute Gasteiger partial charge is 0.193 e. The summed E-state index contributed by atoms with van der Waals surface area (Å²) in [7, 11) is 0. The van der Waals surface area contributed by atoms with E-state index in [1.165, 1.54) is 18.2 Å². The van der Waals surface area contributed by atoms with Crippen LogP contribution in [0.15, 0.2) is 54.6 Å². The van der Waals surface area contributed by atoms with E-state index in [1.807, 2.05) is 0 Å². The van der Waals surface area contributed by atoms with Crippen LogP contribution in [0, 0.1) is 0 Å². The third kappa shape index (κ3) is 2.77. The summed E-state index contributed by atoms with van der Waals surface area (Å²) in [6.07, 6.45) is 0. The maximum Gasteiger partial charge on any atom is 0.193 e. The average molecular weight is 299 g/mol. The zero-order chi connectivity index (χ0) is 16.2. The number of benzene rings is 2. The molecule has 0 atom stereocenters. The van der Waals surface area contributed by atoms with Gasteiger partial charge in [0.05, 0.1) is 24.6 Å². The van der Waals surface area contributed by atoms with Gasteiger partial charge in [0.1, 0.15) is 0 Å². The second-order valence-electron chi connectivity index (χ2n) is 4.96. The first-order valence-electron chi connectivity index (χ1n) is 6.68. The van der Waals surface area contributed by atoms with Gasteiger partial charge in [-0.05, 0) is 11.6 Å². The highest BCUT2D eigenvalue weighted by Crippen LogP contribution is 2.25. The second-order valence-corrected chi connectivity index (χ2v) is 4.96. The molecule has 0 saturated heterocycles. The van der Waals surface area contributed by atoms with Crippen LogP contribution in [-0.4, -0.2) is 35.2 Å². The minimum atomic E-state index is -1.94. The normalized spacial score (nSPS) is 11.2. The van der Waals surface area contributed by atoms with Crippen molar-refractivity contribution in [3.63, 3.8) is 0 Å². The predicted octanol–water partition coefficient (Wildman–Crippen LogP) is -0.110. The van der Waals surface area contributed by atoms with Gasteiger partial charge >= 0.3 is 0 Å². The fourth-order valence-corrected chi connectivity index (χ4v) is 2.19. The lowest BCUT2D eigenvalue weighted by Gasteiger charge is -2.31. The van der Waals surface area contributed by atoms with Crippen LogP contribution in [-0.2, 0) is 10.2 Å². The number of aliphatic hydroxyl groups is 2. The van der Waals surface area contributed by atoms with E-state index in [1.54, 1.807) is 36.4 Å². The molecule has 0 spiro atoms. The number of hydrogen-bond donors (Lipinski definition) is 2. The maximum absolute atomic E-state index is 12.4. The lowest BCUT2D eigenvalue weighted by atomic mass is 9.81. The molecule has 114 valence electrons. The largest absolute Gasteiger partial charge is 0.549 e. The average Bonchev–Trinajstić information content (AvgIpc) is 2.56. The molecular weight excluding hydrogens is 284 g/mol. The number of carbonyl (C=O) groups excluding carboxylic acids is 2. The van der Waals surface area contributed by atoms with Gasteiger partial charge < -0.3 is 20.1 Å². The summed E-state index contributed by atoms with van der Waals surface area (Å²) in [6, 6.07) is 14.4. The lowest BCUT2D eigenvalue weighted by molar-refractivity contribution is -0.316. The van der Waals surface area contributed by atoms with E-state index in [9.17, 15) is 24.9 Å². The highest BCUT2D eigenvalue weighted by Gasteiger charge is 2.33. The number of carboxylic acid groups (broad SMARTS) is 1. The first kappa shape index (κ1) is 15.9. The fourth-order valence-electron chi connectivity index (χ4n) is 2.19. The number of aliphatic hydroxyl groups excluding tert-OH is 2. The van der Waals surface area contributed by atoms with Gasteiger partial charge in [-0.3, -0.25) is 4.79 Å². The molecule has 22 heavy (non-hydrogen) atoms. The van der Waals surface area contributed by atoms with Crippen molar-refractivity contribution in [1.29, 1.82) is 0 Å². The quantitative estimate of drug-likeness (QED) is 0.725. The Morgan fingerprint density at radius 2 is 1.50 bits per heavy atom. The molecule has 0 heterocycles. The van der Waals surface area contributed by atoms with Crippen LogP contribution >= 0.6 is 0 Å². The van der Waals surface area contributed by atoms with Crippen LogP contribution in [0.1, 0.15) is 21.5 Å². The SMILES string of the molecule is O=C(c1ccccc1)c1cccc(C(CO)(CO)C(=O)[O-])c1. The Hall–Kier alpha value is -2.50. The third-order valence-electron chi connectivity index (χ3n) is 3.64. The molecule has 0 unspecified atom stereocenters. The molecule has 2 rings (SSSR count). The minimum absolute atomic E-state index is 0.124. The molecule has 5 nitrogen and oxygen atoms in total. The van der Waals surface area contributed by atoms with Gasteiger partial charge in [0.25, 0.3) is 0 Å². The number of carboxylic acids is 1. The van der Waals surface area contributed by atoms with Crippen LogP contribution in [0.2, 0.25) is 0 Å². The molecule has 2 aromatic rings. The van der Waals surface area contributed by atoms with Gasteiger partial charge in [-0.1, -0.05) is 48.5 Å². The van der Waals surface area contributed by atoms with Crippen LogP contribution in [0.5, 0.6) is 0 Å². The molecule has 0 saturated carbocycles. The van der Waals surface area contributed by atoms with E-state index in [-0.39, 0.29) is 16.9 Å². The summed E-state index contributed by atoms with van der Waals surface area (Å²) in [4.78, 5) is 23.7. The molecule has 0 fully saturated rings. The molecule has 0 radical (unpaired) electrons. The van der Waals surface area contributed by atoms with Crippen molar-refractivity contribution in [2.45, 2.75) is 5.41 Å². The number of aliphatic carboxylic acids is 1. The molecule has 2 N–H and O–H groups in total. The van der Waals surface area contributed by atoms with E-state index < -0.39 is 24.6 Å². The maximum atomic E-state index is 12.4. The van der Waals surface area contributed by atoms with Crippen molar-refractivity contribution < 1.29 is 24.9 Å². The van der Waals surface area contributed by atoms with Gasteiger partial charge in [0.15, 0.2) is 5.78 Å². The van der Waals surface area contributed by atoms with Gasteiger partial charge in [0, 0.05) is 11.1 Å². The minimum Gasteiger partial charge on any atom is -0.549 e. The van der Waals surface area contributed by atoms with Crippen molar-refractivity contribution in [2.75, 3.05) is 13.2 Å². The second kappa shape index (κ2) is 6.51. The number of rotatable bonds is 6. The Morgan fingerprint density at radius 1 is 0.909 bits per heavy atom. The molecule has 0 amide bonds. The highest BCUT2D eigenvalue weighted by molar-refractivity contribution is 6.09. The summed E-state index contributed by atoms with van der Waals surface area (Å²) in [6.45, 7) is -1.65. The zero-order valence-corrected chi connectivity index (χ0v) is 11.7. The van der Waals surface area contributed by atoms with Gasteiger partial charge in [-0.15, -0.1) is 0 Å². The van der Waals surface area contributed by atoms with Crippen molar-refractivity contribution in [3.05, 3.63) is 71.3 Å². The summed E-state index contributed by atoms with van der Waals surface area (Å²) >= 11 is 0. The van der Waals surface area contributed by atoms with Crippen LogP contribution in [0.25, 0.3) is 0 Å². The Kier molecular flexibility index (Phi) is 4.70. The standard InChI is InChI=1S/C17H16O5/c18-10-17(11-19,16(21)22)14-8-4-7-13(9-14)15(20)12-5-2-1-3-6-12/h1-9,18-19H,10-11H2,(H,21,22)/p-1. The van der Waals surface area contributed by atoms with Crippen molar-refractivity contribution in [2.24, 2.45) is 0 Å². The van der Waals surface area contributed by atoms with E-state index >= 15 is 0 Å². The van der Waals surface area contributed by atoms with E-state index in [0.29, 0.717) is 5.56 Å². The van der Waals surface area contributed by atoms with Crippen LogP contribution < -0.4 is 5.11 Å². The van der Waals surface area contributed by atoms with E-state index in [2.05, 4.69) is 0 Å². The van der Waals surface area contributed by atoms with Crippen molar-refractivity contribution in [1.82, 2.24) is 0 Å². The third-order valence-corrected chi connectivity index (χ3v) is 3.64. The van der Waals surface area contributed by atoms with Crippen molar-refractivity contribution >= 4 is 11.8 Å². The molecule has 0 aliphatic carbocycles. The lowest BCUT2D eigenvalue weighted by Crippen LogP contribution is -2.51. The first-order chi connectivity index (χ1) is 10.5. The van der Waals surface area contributed by atoms with E-state index in [4.69, 9.17) is 0 Å². The summed E-state index contributed by atoms with van der Waals surface area (Å²) in [5, 5.41) is 30.1. The molecule has 5 heteroatoms. The molecule has 0 aliphatic rings. The van der Waals surface area contributed by atoms with Gasteiger partial charge in [-0.25, -0.2) is 0 Å². The zero-order valence-electron chi connectivity index (χ0n) is 11.7. The number of carbonyl (C=O) groups is 2. The predicted molar refractivity (Wildman–Crippen MR) is 77.2 cm³/mol. The van der Waals surface area contributed by atoms with Gasteiger partial charge in [-0.2, -0.15) is 0 Å². The molecule has 2 aromatic carbocycles. The van der Waals surface area contributed by atoms with Crippen molar-refractivity contribution in [3.8, 4) is 0 Å². The van der Waals surface area contributed by atoms with Gasteiger partial charge in [0.2, 0.25) is 0 Å². The Morgan fingerprint density at radius 3 is 2.05 bits per heavy atom. The number of hydrogen-bond acceptors (Lipinski definition) is 5. The fraction of sp³-hybridized carbons (Fsp3) is 0.176. The Labute approximate surface area is 127 Å². The molecule has 0 aromatic heterocycles. The monoisotopic (exact) mass is 299 g/mol. The molecular formula is C17H15O5-. The number of ketones is 1.